The molecule has 2 aliphatic heterocycles. The first-order valence-corrected chi connectivity index (χ1v) is 9.11. The number of thioether (sulfide) groups is 1. The third-order valence-electron chi connectivity index (χ3n) is 4.00. The summed E-state index contributed by atoms with van der Waals surface area (Å²) in [6.45, 7) is 6.65. The molecule has 0 fully saturated rings. The zero-order chi connectivity index (χ0) is 17.4. The lowest BCUT2D eigenvalue weighted by Crippen LogP contribution is -2.45. The molecular formula is C20H19N3OS. The van der Waals surface area contributed by atoms with Crippen molar-refractivity contribution in [2.45, 2.75) is 31.8 Å². The first kappa shape index (κ1) is 15.9. The maximum absolute atomic E-state index is 6.01. The van der Waals surface area contributed by atoms with Crippen LogP contribution in [0.15, 0.2) is 58.8 Å². The molecule has 126 valence electrons. The van der Waals surface area contributed by atoms with Crippen LogP contribution in [0.1, 0.15) is 38.0 Å². The minimum atomic E-state index is -0.0170. The van der Waals surface area contributed by atoms with E-state index in [0.717, 1.165) is 17.2 Å². The van der Waals surface area contributed by atoms with E-state index in [-0.39, 0.29) is 11.0 Å². The van der Waals surface area contributed by atoms with Crippen LogP contribution in [0.2, 0.25) is 0 Å². The highest BCUT2D eigenvalue weighted by Gasteiger charge is 2.41. The van der Waals surface area contributed by atoms with E-state index in [9.17, 15) is 0 Å². The normalized spacial score (nSPS) is 18.8. The Morgan fingerprint density at radius 1 is 1.16 bits per heavy atom. The smallest absolute Gasteiger partial charge is 0.178 e. The van der Waals surface area contributed by atoms with Gasteiger partial charge in [-0.15, -0.1) is 0 Å². The standard InChI is InChI=1S/C20H19N3OS/c1-20(2,3)23-17(14-22-12-13-25-19(22)23)18-10-9-16(24-18)8-7-15-6-4-5-11-21-15/h4-6,9-14,19H,1-3H3. The Morgan fingerprint density at radius 3 is 2.80 bits per heavy atom. The largest absolute Gasteiger partial charge is 0.446 e. The molecule has 0 amide bonds. The van der Waals surface area contributed by atoms with E-state index in [1.54, 1.807) is 18.0 Å². The van der Waals surface area contributed by atoms with E-state index in [1.165, 1.54) is 0 Å². The minimum absolute atomic E-state index is 0.0170. The topological polar surface area (TPSA) is 32.5 Å². The Morgan fingerprint density at radius 2 is 2.04 bits per heavy atom. The lowest BCUT2D eigenvalue weighted by Gasteiger charge is -2.39. The molecule has 4 rings (SSSR count). The molecule has 0 radical (unpaired) electrons. The SMILES string of the molecule is CC(C)(C)N1C(c2ccc(C#Cc3ccccn3)o2)=CN2C=CSC21. The number of nitrogens with zero attached hydrogens (tertiary/aromatic N) is 3. The van der Waals surface area contributed by atoms with Crippen molar-refractivity contribution in [3.8, 4) is 11.8 Å². The Bertz CT molecular complexity index is 896. The van der Waals surface area contributed by atoms with Gasteiger partial charge in [-0.2, -0.15) is 0 Å². The van der Waals surface area contributed by atoms with Gasteiger partial charge in [-0.25, -0.2) is 4.98 Å². The second-order valence-electron chi connectivity index (χ2n) is 6.88. The second-order valence-corrected chi connectivity index (χ2v) is 7.84. The monoisotopic (exact) mass is 349 g/mol. The summed E-state index contributed by atoms with van der Waals surface area (Å²) in [6.07, 6.45) is 5.98. The van der Waals surface area contributed by atoms with Crippen molar-refractivity contribution in [2.75, 3.05) is 0 Å². The lowest BCUT2D eigenvalue weighted by molar-refractivity contribution is 0.170. The Labute approximate surface area is 152 Å². The summed E-state index contributed by atoms with van der Waals surface area (Å²) in [7, 11) is 0. The summed E-state index contributed by atoms with van der Waals surface area (Å²) in [5.41, 5.74) is 2.05. The molecule has 5 heteroatoms. The first-order chi connectivity index (χ1) is 12.0. The summed E-state index contributed by atoms with van der Waals surface area (Å²) in [5.74, 6) is 7.56. The third kappa shape index (κ3) is 3.06. The van der Waals surface area contributed by atoms with Crippen LogP contribution in [0.4, 0.5) is 0 Å². The van der Waals surface area contributed by atoms with Crippen molar-refractivity contribution >= 4 is 17.5 Å². The Kier molecular flexibility index (Phi) is 3.85. The molecule has 0 N–H and O–H groups in total. The molecule has 0 bridgehead atoms. The van der Waals surface area contributed by atoms with Crippen molar-refractivity contribution in [1.29, 1.82) is 0 Å². The van der Waals surface area contributed by atoms with E-state index in [4.69, 9.17) is 4.42 Å². The third-order valence-corrected chi connectivity index (χ3v) is 4.98. The summed E-state index contributed by atoms with van der Waals surface area (Å²) in [5, 5.41) is 2.13. The highest BCUT2D eigenvalue weighted by Crippen LogP contribution is 2.44. The molecule has 4 nitrogen and oxygen atoms in total. The summed E-state index contributed by atoms with van der Waals surface area (Å²) in [4.78, 5) is 8.81. The van der Waals surface area contributed by atoms with Gasteiger partial charge in [-0.1, -0.05) is 17.8 Å². The number of hydrogen-bond donors (Lipinski definition) is 0. The number of aromatic nitrogens is 1. The van der Waals surface area contributed by atoms with Gasteiger partial charge >= 0.3 is 0 Å². The molecule has 0 aliphatic carbocycles. The number of rotatable bonds is 1. The molecular weight excluding hydrogens is 330 g/mol. The minimum Gasteiger partial charge on any atom is -0.446 e. The number of fused-ring (bicyclic) bond motifs is 1. The quantitative estimate of drug-likeness (QED) is 0.717. The zero-order valence-electron chi connectivity index (χ0n) is 14.4. The molecule has 1 unspecified atom stereocenters. The van der Waals surface area contributed by atoms with Crippen LogP contribution in [-0.2, 0) is 0 Å². The fraction of sp³-hybridized carbons (Fsp3) is 0.250. The average molecular weight is 349 g/mol. The molecule has 2 aliphatic rings. The van der Waals surface area contributed by atoms with Crippen LogP contribution in [0, 0.1) is 11.8 Å². The molecule has 0 saturated heterocycles. The zero-order valence-corrected chi connectivity index (χ0v) is 15.2. The van der Waals surface area contributed by atoms with Gasteiger partial charge in [0, 0.05) is 24.1 Å². The molecule has 0 aromatic carbocycles. The van der Waals surface area contributed by atoms with Gasteiger partial charge in [-0.3, -0.25) is 0 Å². The van der Waals surface area contributed by atoms with Crippen molar-refractivity contribution in [1.82, 2.24) is 14.8 Å². The molecule has 2 aromatic heterocycles. The molecule has 25 heavy (non-hydrogen) atoms. The predicted molar refractivity (Wildman–Crippen MR) is 101 cm³/mol. The lowest BCUT2D eigenvalue weighted by atomic mass is 10.1. The van der Waals surface area contributed by atoms with Crippen molar-refractivity contribution in [2.24, 2.45) is 0 Å². The van der Waals surface area contributed by atoms with E-state index in [2.05, 4.69) is 65.2 Å². The molecule has 2 aromatic rings. The summed E-state index contributed by atoms with van der Waals surface area (Å²) in [6, 6.07) is 9.59. The van der Waals surface area contributed by atoms with Crippen molar-refractivity contribution in [3.63, 3.8) is 0 Å². The van der Waals surface area contributed by atoms with E-state index >= 15 is 0 Å². The maximum atomic E-state index is 6.01. The van der Waals surface area contributed by atoms with Crippen molar-refractivity contribution < 1.29 is 4.42 Å². The fourth-order valence-corrected chi connectivity index (χ4v) is 4.10. The van der Waals surface area contributed by atoms with Gasteiger partial charge in [0.25, 0.3) is 0 Å². The van der Waals surface area contributed by atoms with Crippen LogP contribution in [0.5, 0.6) is 0 Å². The molecule has 0 saturated carbocycles. The van der Waals surface area contributed by atoms with Gasteiger partial charge < -0.3 is 14.2 Å². The van der Waals surface area contributed by atoms with Gasteiger partial charge in [0.1, 0.15) is 5.69 Å². The van der Waals surface area contributed by atoms with Crippen LogP contribution >= 0.6 is 11.8 Å². The summed E-state index contributed by atoms with van der Waals surface area (Å²) < 4.78 is 6.01. The van der Waals surface area contributed by atoms with Gasteiger partial charge in [0.2, 0.25) is 0 Å². The molecule has 0 spiro atoms. The second kappa shape index (κ2) is 6.05. The first-order valence-electron chi connectivity index (χ1n) is 8.16. The van der Waals surface area contributed by atoms with E-state index in [0.29, 0.717) is 5.76 Å². The maximum Gasteiger partial charge on any atom is 0.178 e. The summed E-state index contributed by atoms with van der Waals surface area (Å²) >= 11 is 1.80. The average Bonchev–Trinajstić information content (AvgIpc) is 3.27. The van der Waals surface area contributed by atoms with Gasteiger partial charge in [0.15, 0.2) is 17.0 Å². The van der Waals surface area contributed by atoms with Crippen molar-refractivity contribution in [3.05, 3.63) is 71.6 Å². The Hall–Kier alpha value is -2.58. The number of furan rings is 1. The number of hydrogen-bond acceptors (Lipinski definition) is 5. The van der Waals surface area contributed by atoms with Gasteiger partial charge in [0.05, 0.1) is 5.70 Å². The van der Waals surface area contributed by atoms with E-state index < -0.39 is 0 Å². The Balaban J connectivity index is 1.63. The predicted octanol–water partition coefficient (Wildman–Crippen LogP) is 4.29. The van der Waals surface area contributed by atoms with Crippen LogP contribution < -0.4 is 0 Å². The van der Waals surface area contributed by atoms with Gasteiger partial charge in [-0.05, 0) is 62.3 Å². The molecule has 1 atom stereocenters. The highest BCUT2D eigenvalue weighted by atomic mass is 32.2. The van der Waals surface area contributed by atoms with Crippen LogP contribution in [0.3, 0.4) is 0 Å². The highest BCUT2D eigenvalue weighted by molar-refractivity contribution is 8.02. The number of pyridine rings is 1. The van der Waals surface area contributed by atoms with Crippen LogP contribution in [-0.4, -0.2) is 25.8 Å². The molecule has 4 heterocycles. The van der Waals surface area contributed by atoms with E-state index in [1.807, 2.05) is 30.3 Å². The fourth-order valence-electron chi connectivity index (χ4n) is 2.92. The van der Waals surface area contributed by atoms with Crippen LogP contribution in [0.25, 0.3) is 5.70 Å².